The molecule has 0 spiro atoms. The Morgan fingerprint density at radius 2 is 2.12 bits per heavy atom. The molecule has 2 aromatic heterocycles. The highest BCUT2D eigenvalue weighted by atomic mass is 15.0. The minimum atomic E-state index is 0.334. The van der Waals surface area contributed by atoms with Crippen molar-refractivity contribution in [2.24, 2.45) is 0 Å². The molecule has 1 N–H and O–H groups in total. The van der Waals surface area contributed by atoms with Crippen molar-refractivity contribution in [3.63, 3.8) is 0 Å². The number of aromatic nitrogens is 2. The molecule has 0 aliphatic heterocycles. The van der Waals surface area contributed by atoms with Gasteiger partial charge in [0.15, 0.2) is 0 Å². The van der Waals surface area contributed by atoms with Gasteiger partial charge in [-0.1, -0.05) is 6.07 Å². The molecule has 0 saturated heterocycles. The fourth-order valence-corrected chi connectivity index (χ4v) is 2.20. The van der Waals surface area contributed by atoms with E-state index in [9.17, 15) is 0 Å². The summed E-state index contributed by atoms with van der Waals surface area (Å²) in [5.41, 5.74) is 3.61. The van der Waals surface area contributed by atoms with E-state index in [2.05, 4.69) is 21.4 Å². The van der Waals surface area contributed by atoms with Crippen LogP contribution in [-0.2, 0) is 6.42 Å². The molecular formula is C13H13N3. The summed E-state index contributed by atoms with van der Waals surface area (Å²) in [5.74, 6) is 0. The first kappa shape index (κ1) is 9.33. The number of hydrogen-bond acceptors (Lipinski definition) is 3. The average Bonchev–Trinajstić information content (AvgIpc) is 2.74. The van der Waals surface area contributed by atoms with Crippen LogP contribution in [0.1, 0.15) is 23.7 Å². The Bertz CT molecular complexity index is 482. The summed E-state index contributed by atoms with van der Waals surface area (Å²) in [6.45, 7) is 0. The van der Waals surface area contributed by atoms with Crippen LogP contribution in [0.15, 0.2) is 42.9 Å². The van der Waals surface area contributed by atoms with Crippen molar-refractivity contribution < 1.29 is 0 Å². The van der Waals surface area contributed by atoms with Gasteiger partial charge in [0.25, 0.3) is 0 Å². The summed E-state index contributed by atoms with van der Waals surface area (Å²) in [7, 11) is 0. The summed E-state index contributed by atoms with van der Waals surface area (Å²) in [6.07, 6.45) is 7.72. The minimum Gasteiger partial charge on any atom is -0.375 e. The first-order valence-corrected chi connectivity index (χ1v) is 5.54. The largest absolute Gasteiger partial charge is 0.375 e. The van der Waals surface area contributed by atoms with Crippen molar-refractivity contribution in [3.8, 4) is 0 Å². The van der Waals surface area contributed by atoms with Crippen molar-refractivity contribution >= 4 is 5.69 Å². The van der Waals surface area contributed by atoms with Crippen LogP contribution in [0.5, 0.6) is 0 Å². The quantitative estimate of drug-likeness (QED) is 0.829. The Labute approximate surface area is 94.6 Å². The smallest absolute Gasteiger partial charge is 0.0691 e. The second-order valence-corrected chi connectivity index (χ2v) is 4.03. The van der Waals surface area contributed by atoms with Gasteiger partial charge in [-0.3, -0.25) is 9.97 Å². The third-order valence-corrected chi connectivity index (χ3v) is 2.96. The summed E-state index contributed by atoms with van der Waals surface area (Å²) in [6, 6.07) is 8.48. The van der Waals surface area contributed by atoms with Gasteiger partial charge < -0.3 is 5.32 Å². The van der Waals surface area contributed by atoms with E-state index in [4.69, 9.17) is 0 Å². The Balaban J connectivity index is 1.84. The van der Waals surface area contributed by atoms with Gasteiger partial charge in [-0.25, -0.2) is 0 Å². The zero-order valence-corrected chi connectivity index (χ0v) is 8.93. The molecule has 0 saturated carbocycles. The zero-order valence-electron chi connectivity index (χ0n) is 8.93. The molecule has 3 heteroatoms. The maximum atomic E-state index is 4.45. The zero-order chi connectivity index (χ0) is 10.8. The molecular weight excluding hydrogens is 198 g/mol. The molecule has 16 heavy (non-hydrogen) atoms. The fraction of sp³-hybridized carbons (Fsp3) is 0.231. The second kappa shape index (κ2) is 3.93. The molecule has 3 nitrogen and oxygen atoms in total. The van der Waals surface area contributed by atoms with Gasteiger partial charge in [0.2, 0.25) is 0 Å². The van der Waals surface area contributed by atoms with E-state index in [-0.39, 0.29) is 0 Å². The molecule has 1 unspecified atom stereocenters. The lowest BCUT2D eigenvalue weighted by molar-refractivity contribution is 0.745. The number of rotatable bonds is 2. The molecule has 1 atom stereocenters. The Morgan fingerprint density at radius 1 is 1.19 bits per heavy atom. The third-order valence-electron chi connectivity index (χ3n) is 2.96. The summed E-state index contributed by atoms with van der Waals surface area (Å²) >= 11 is 0. The highest BCUT2D eigenvalue weighted by molar-refractivity contribution is 5.44. The molecule has 0 bridgehead atoms. The maximum absolute atomic E-state index is 4.45. The second-order valence-electron chi connectivity index (χ2n) is 4.03. The van der Waals surface area contributed by atoms with Crippen LogP contribution in [0.25, 0.3) is 0 Å². The lowest BCUT2D eigenvalue weighted by atomic mass is 10.2. The molecule has 2 aromatic rings. The maximum Gasteiger partial charge on any atom is 0.0691 e. The Hall–Kier alpha value is -1.90. The SMILES string of the molecule is c1cncc(NC2CCc3cccnc32)c1. The van der Waals surface area contributed by atoms with Crippen molar-refractivity contribution in [3.05, 3.63) is 54.1 Å². The standard InChI is InChI=1S/C13H13N3/c1-3-10-5-6-12(13(10)15-8-1)16-11-4-2-7-14-9-11/h1-4,7-9,12,16H,5-6H2. The van der Waals surface area contributed by atoms with Crippen LogP contribution >= 0.6 is 0 Å². The van der Waals surface area contributed by atoms with E-state index < -0.39 is 0 Å². The van der Waals surface area contributed by atoms with Crippen LogP contribution in [0.4, 0.5) is 5.69 Å². The van der Waals surface area contributed by atoms with Gasteiger partial charge in [-0.15, -0.1) is 0 Å². The van der Waals surface area contributed by atoms with Gasteiger partial charge in [0, 0.05) is 18.6 Å². The Morgan fingerprint density at radius 3 is 3.00 bits per heavy atom. The molecule has 0 aromatic carbocycles. The predicted octanol–water partition coefficient (Wildman–Crippen LogP) is 2.58. The number of nitrogens with zero attached hydrogens (tertiary/aromatic N) is 2. The first-order valence-electron chi connectivity index (χ1n) is 5.54. The van der Waals surface area contributed by atoms with E-state index in [0.717, 1.165) is 18.5 Å². The average molecular weight is 211 g/mol. The molecule has 80 valence electrons. The van der Waals surface area contributed by atoms with Crippen LogP contribution in [-0.4, -0.2) is 9.97 Å². The summed E-state index contributed by atoms with van der Waals surface area (Å²) in [4.78, 5) is 8.55. The monoisotopic (exact) mass is 211 g/mol. The van der Waals surface area contributed by atoms with Crippen molar-refractivity contribution in [2.75, 3.05) is 5.32 Å². The number of fused-ring (bicyclic) bond motifs is 1. The van der Waals surface area contributed by atoms with Crippen molar-refractivity contribution in [1.82, 2.24) is 9.97 Å². The van der Waals surface area contributed by atoms with E-state index in [1.807, 2.05) is 30.6 Å². The number of aryl methyl sites for hydroxylation is 1. The Kier molecular flexibility index (Phi) is 2.29. The molecule has 3 rings (SSSR count). The van der Waals surface area contributed by atoms with Gasteiger partial charge >= 0.3 is 0 Å². The van der Waals surface area contributed by atoms with E-state index >= 15 is 0 Å². The number of anilines is 1. The van der Waals surface area contributed by atoms with E-state index in [1.54, 1.807) is 6.20 Å². The van der Waals surface area contributed by atoms with E-state index in [1.165, 1.54) is 11.3 Å². The van der Waals surface area contributed by atoms with Gasteiger partial charge in [-0.2, -0.15) is 0 Å². The highest BCUT2D eigenvalue weighted by Crippen LogP contribution is 2.31. The van der Waals surface area contributed by atoms with Crippen LogP contribution in [0.2, 0.25) is 0 Å². The fourth-order valence-electron chi connectivity index (χ4n) is 2.20. The highest BCUT2D eigenvalue weighted by Gasteiger charge is 2.22. The van der Waals surface area contributed by atoms with Gasteiger partial charge in [0.1, 0.15) is 0 Å². The molecule has 0 amide bonds. The summed E-state index contributed by atoms with van der Waals surface area (Å²) < 4.78 is 0. The molecule has 1 aliphatic rings. The van der Waals surface area contributed by atoms with Crippen molar-refractivity contribution in [2.45, 2.75) is 18.9 Å². The predicted molar refractivity (Wildman–Crippen MR) is 63.2 cm³/mol. The minimum absolute atomic E-state index is 0.334. The normalized spacial score (nSPS) is 18.1. The molecule has 2 heterocycles. The van der Waals surface area contributed by atoms with Crippen LogP contribution in [0, 0.1) is 0 Å². The van der Waals surface area contributed by atoms with Crippen LogP contribution in [0.3, 0.4) is 0 Å². The number of hydrogen-bond donors (Lipinski definition) is 1. The topological polar surface area (TPSA) is 37.8 Å². The lowest BCUT2D eigenvalue weighted by Gasteiger charge is -2.13. The number of pyridine rings is 2. The third kappa shape index (κ3) is 1.65. The van der Waals surface area contributed by atoms with E-state index in [0.29, 0.717) is 6.04 Å². The first-order chi connectivity index (χ1) is 7.93. The number of nitrogens with one attached hydrogen (secondary N) is 1. The molecule has 0 fully saturated rings. The van der Waals surface area contributed by atoms with Crippen LogP contribution < -0.4 is 5.32 Å². The summed E-state index contributed by atoms with van der Waals surface area (Å²) in [5, 5.41) is 3.47. The van der Waals surface area contributed by atoms with Crippen molar-refractivity contribution in [1.29, 1.82) is 0 Å². The van der Waals surface area contributed by atoms with Gasteiger partial charge in [-0.05, 0) is 36.6 Å². The molecule has 1 aliphatic carbocycles. The van der Waals surface area contributed by atoms with Gasteiger partial charge in [0.05, 0.1) is 17.4 Å². The lowest BCUT2D eigenvalue weighted by Crippen LogP contribution is -2.08. The molecule has 0 radical (unpaired) electrons.